The zero-order valence-corrected chi connectivity index (χ0v) is 42.0. The van der Waals surface area contributed by atoms with Crippen molar-refractivity contribution >= 4 is 0 Å². The molecule has 20 atom stereocenters. The van der Waals surface area contributed by atoms with Crippen LogP contribution in [-0.2, 0) is 13.1 Å². The molecule has 2 aromatic heterocycles. The molecule has 10 rings (SSSR count). The number of hydrogen-bond acceptors (Lipinski definition) is 8. The van der Waals surface area contributed by atoms with Gasteiger partial charge in [0.15, 0.2) is 0 Å². The molecule has 10 nitrogen and oxygen atoms in total. The van der Waals surface area contributed by atoms with Gasteiger partial charge in [-0.3, -0.25) is 9.36 Å². The van der Waals surface area contributed by atoms with Gasteiger partial charge in [0, 0.05) is 12.4 Å². The molecule has 8 aliphatic carbocycles. The van der Waals surface area contributed by atoms with Crippen molar-refractivity contribution in [1.29, 1.82) is 10.5 Å². The molecule has 0 saturated heterocycles. The van der Waals surface area contributed by atoms with E-state index in [1.165, 1.54) is 77.0 Å². The van der Waals surface area contributed by atoms with Gasteiger partial charge in [0.25, 0.3) is 0 Å². The minimum atomic E-state index is -0.830. The second kappa shape index (κ2) is 17.6. The minimum Gasteiger partial charge on any atom is -0.390 e. The molecule has 0 aromatic carbocycles. The van der Waals surface area contributed by atoms with Crippen LogP contribution in [0.2, 0.25) is 0 Å². The van der Waals surface area contributed by atoms with Crippen molar-refractivity contribution in [1.82, 2.24) is 19.6 Å². The van der Waals surface area contributed by atoms with Crippen LogP contribution in [0.4, 0.5) is 0 Å². The molecule has 4 N–H and O–H groups in total. The molecule has 364 valence electrons. The Balaban J connectivity index is 0.000000166. The van der Waals surface area contributed by atoms with Gasteiger partial charge in [-0.15, -0.1) is 0 Å². The summed E-state index contributed by atoms with van der Waals surface area (Å²) in [4.78, 5) is 0. The number of hydrogen-bond donors (Lipinski definition) is 4. The molecular weight excluding hydrogens is 821 g/mol. The van der Waals surface area contributed by atoms with Crippen LogP contribution in [0, 0.1) is 116 Å². The lowest BCUT2D eigenvalue weighted by molar-refractivity contribution is -0.141. The first kappa shape index (κ1) is 48.3. The predicted molar refractivity (Wildman–Crippen MR) is 256 cm³/mol. The van der Waals surface area contributed by atoms with Crippen molar-refractivity contribution in [3.05, 3.63) is 35.9 Å². The molecule has 66 heavy (non-hydrogen) atoms. The van der Waals surface area contributed by atoms with E-state index in [0.29, 0.717) is 59.7 Å². The number of fused-ring (bicyclic) bond motifs is 10. The van der Waals surface area contributed by atoms with E-state index in [9.17, 15) is 20.4 Å². The highest BCUT2D eigenvalue weighted by Gasteiger charge is 2.63. The van der Waals surface area contributed by atoms with Crippen molar-refractivity contribution in [3.63, 3.8) is 0 Å². The maximum absolute atomic E-state index is 11.7. The first-order valence-corrected chi connectivity index (χ1v) is 26.9. The van der Waals surface area contributed by atoms with E-state index in [1.807, 2.05) is 13.8 Å². The monoisotopic (exact) mass is 907 g/mol. The Hall–Kier alpha value is -2.76. The van der Waals surface area contributed by atoms with Gasteiger partial charge in [-0.05, 0) is 224 Å². The number of rotatable bonds is 8. The highest BCUT2D eigenvalue weighted by Crippen LogP contribution is 2.68. The van der Waals surface area contributed by atoms with Crippen molar-refractivity contribution in [2.45, 2.75) is 206 Å². The van der Waals surface area contributed by atoms with E-state index in [4.69, 9.17) is 10.5 Å². The van der Waals surface area contributed by atoms with Crippen molar-refractivity contribution in [2.75, 3.05) is 0 Å². The Morgan fingerprint density at radius 2 is 0.985 bits per heavy atom. The van der Waals surface area contributed by atoms with Crippen LogP contribution in [0.3, 0.4) is 0 Å². The smallest absolute Gasteiger partial charge is 0.102 e. The van der Waals surface area contributed by atoms with Gasteiger partial charge in [-0.2, -0.15) is 20.7 Å². The van der Waals surface area contributed by atoms with Crippen LogP contribution in [0.1, 0.15) is 182 Å². The zero-order valence-electron chi connectivity index (χ0n) is 42.0. The van der Waals surface area contributed by atoms with Crippen LogP contribution in [0.5, 0.6) is 0 Å². The van der Waals surface area contributed by atoms with E-state index in [0.717, 1.165) is 74.0 Å². The molecule has 0 radical (unpaired) electrons. The molecule has 0 unspecified atom stereocenters. The van der Waals surface area contributed by atoms with E-state index in [-0.39, 0.29) is 22.7 Å². The fourth-order valence-corrected chi connectivity index (χ4v) is 19.4. The van der Waals surface area contributed by atoms with Crippen LogP contribution < -0.4 is 0 Å². The largest absolute Gasteiger partial charge is 0.390 e. The van der Waals surface area contributed by atoms with Gasteiger partial charge in [-0.1, -0.05) is 40.5 Å². The van der Waals surface area contributed by atoms with Gasteiger partial charge in [0.05, 0.1) is 59.0 Å². The fraction of sp³-hybridized carbons (Fsp3) is 0.857. The third-order valence-electron chi connectivity index (χ3n) is 22.2. The minimum absolute atomic E-state index is 0.174. The molecule has 2 aromatic rings. The molecule has 2 heterocycles. The third kappa shape index (κ3) is 8.34. The highest BCUT2D eigenvalue weighted by molar-refractivity contribution is 5.23. The summed E-state index contributed by atoms with van der Waals surface area (Å²) in [6.07, 6.45) is 28.0. The highest BCUT2D eigenvalue weighted by atomic mass is 16.3. The zero-order chi connectivity index (χ0) is 47.2. The van der Waals surface area contributed by atoms with E-state index < -0.39 is 22.4 Å². The van der Waals surface area contributed by atoms with E-state index in [1.54, 1.807) is 34.2 Å². The predicted octanol–water partition coefficient (Wildman–Crippen LogP) is 10.3. The first-order chi connectivity index (χ1) is 31.2. The average molecular weight is 907 g/mol. The van der Waals surface area contributed by atoms with Crippen LogP contribution in [0.25, 0.3) is 0 Å². The fourth-order valence-electron chi connectivity index (χ4n) is 19.4. The van der Waals surface area contributed by atoms with Gasteiger partial charge in [0.2, 0.25) is 0 Å². The Kier molecular flexibility index (Phi) is 12.9. The van der Waals surface area contributed by atoms with Crippen LogP contribution in [0.15, 0.2) is 24.8 Å². The average Bonchev–Trinajstić information content (AvgIpc) is 4.07. The maximum atomic E-state index is 11.7. The summed E-state index contributed by atoms with van der Waals surface area (Å²) < 4.78 is 3.51. The quantitative estimate of drug-likeness (QED) is 0.203. The summed E-state index contributed by atoms with van der Waals surface area (Å²) in [7, 11) is 0. The van der Waals surface area contributed by atoms with Crippen molar-refractivity contribution in [2.24, 2.45) is 93.7 Å². The third-order valence-corrected chi connectivity index (χ3v) is 22.2. The van der Waals surface area contributed by atoms with E-state index in [2.05, 4.69) is 63.9 Å². The Morgan fingerprint density at radius 3 is 1.33 bits per heavy atom. The molecule has 8 aliphatic rings. The Labute approximate surface area is 397 Å². The molecule has 0 aliphatic heterocycles. The number of nitriles is 2. The summed E-state index contributed by atoms with van der Waals surface area (Å²) in [6.45, 7) is 18.5. The molecule has 8 saturated carbocycles. The number of aromatic nitrogens is 4. The molecule has 10 heteroatoms. The summed E-state index contributed by atoms with van der Waals surface area (Å²) in [6, 6.07) is 4.28. The van der Waals surface area contributed by atoms with Crippen LogP contribution >= 0.6 is 0 Å². The molecule has 8 fully saturated rings. The lowest BCUT2D eigenvalue weighted by Gasteiger charge is -2.59. The molecule has 0 amide bonds. The summed E-state index contributed by atoms with van der Waals surface area (Å²) >= 11 is 0. The first-order valence-electron chi connectivity index (χ1n) is 26.9. The van der Waals surface area contributed by atoms with Gasteiger partial charge in [-0.25, -0.2) is 0 Å². The van der Waals surface area contributed by atoms with Gasteiger partial charge >= 0.3 is 0 Å². The van der Waals surface area contributed by atoms with Gasteiger partial charge < -0.3 is 20.4 Å². The summed E-state index contributed by atoms with van der Waals surface area (Å²) in [5, 5.41) is 72.4. The van der Waals surface area contributed by atoms with Crippen molar-refractivity contribution in [3.8, 4) is 12.1 Å². The maximum Gasteiger partial charge on any atom is 0.102 e. The second-order valence-corrected chi connectivity index (χ2v) is 25.8. The standard InChI is InChI=1S/2C28H43N3O2/c2*1-5-20-12-23-19(13-27(20,3)32)6-7-22-21(23)10-11-26(2)24(22)8-9-25(26)28(4,33)17-31-16-18(14-29)15-30-31/h2*15-16,19-25,32-33H,5-13,17H2,1-4H3/t19-,20+,21+,22-,23+,24+,25+,26+,27+,28+;19-,20+,21+,22-,23+,24+,25+,26+,27+,28-/m11/s1. The summed E-state index contributed by atoms with van der Waals surface area (Å²) in [5.41, 5.74) is -1.18. The molecule has 0 bridgehead atoms. The summed E-state index contributed by atoms with van der Waals surface area (Å²) in [5.74, 6) is 8.93. The van der Waals surface area contributed by atoms with Crippen LogP contribution in [-0.4, -0.2) is 62.4 Å². The van der Waals surface area contributed by atoms with Crippen molar-refractivity contribution < 1.29 is 20.4 Å². The molecule has 0 spiro atoms. The topological polar surface area (TPSA) is 164 Å². The molecular formula is C56H86N6O4. The lowest BCUT2D eigenvalue weighted by Crippen LogP contribution is -2.55. The lowest BCUT2D eigenvalue weighted by atomic mass is 9.47. The normalized spacial score (nSPS) is 46.5. The number of aliphatic hydroxyl groups is 4. The van der Waals surface area contributed by atoms with Gasteiger partial charge in [0.1, 0.15) is 12.1 Å². The Morgan fingerprint density at radius 1 is 0.591 bits per heavy atom. The van der Waals surface area contributed by atoms with E-state index >= 15 is 0 Å². The second-order valence-electron chi connectivity index (χ2n) is 25.8. The number of nitrogens with zero attached hydrogens (tertiary/aromatic N) is 6. The Bertz CT molecular complexity index is 1980. The SMILES string of the molecule is CC[C@H]1C[C@H]2[C@H](CC[C@@H]3[C@@H]2CC[C@@]2(C)[C@H]3CC[C@@H]2[C@@](C)(O)Cn2cc(C#N)cn2)C[C@]1(C)O.CC[C@H]1C[C@H]2[C@H](CC[C@@H]3[C@@H]2CC[C@@]2(C)[C@H]3CC[C@@H]2[C@](C)(O)Cn2cc(C#N)cn2)C[C@]1(C)O.